The number of aromatic amines is 2. The van der Waals surface area contributed by atoms with E-state index in [-0.39, 0.29) is 54.1 Å². The van der Waals surface area contributed by atoms with Crippen LogP contribution < -0.4 is 10.6 Å². The average molecular weight is 1250 g/mol. The van der Waals surface area contributed by atoms with Crippen LogP contribution in [0.3, 0.4) is 0 Å². The zero-order valence-corrected chi connectivity index (χ0v) is 48.8. The minimum Gasteiger partial charge on any atom is -0.394 e. The number of benzene rings is 8. The molecule has 22 heteroatoms. The van der Waals surface area contributed by atoms with Gasteiger partial charge in [0, 0.05) is 80.2 Å². The molecule has 8 aromatic carbocycles. The highest BCUT2D eigenvalue weighted by Gasteiger charge is 2.48. The third kappa shape index (κ3) is 9.45. The first-order valence-electron chi connectivity index (χ1n) is 30.4. The van der Waals surface area contributed by atoms with Crippen molar-refractivity contribution in [2.45, 2.75) is 88.0 Å². The lowest BCUT2D eigenvalue weighted by molar-refractivity contribution is -0.222. The third-order valence-corrected chi connectivity index (χ3v) is 18.4. The second-order valence-corrected chi connectivity index (χ2v) is 23.9. The Labute approximate surface area is 518 Å². The number of nitrogens with one attached hydrogen (secondary N) is 4. The number of H-pyrrole nitrogens is 2. The molecule has 0 saturated carbocycles. The lowest BCUT2D eigenvalue weighted by Crippen LogP contribution is -2.48. The van der Waals surface area contributed by atoms with E-state index < -0.39 is 83.8 Å². The van der Waals surface area contributed by atoms with E-state index in [1.165, 1.54) is 67.4 Å². The molecule has 466 valence electrons. The van der Waals surface area contributed by atoms with E-state index in [9.17, 15) is 47.0 Å². The fourth-order valence-corrected chi connectivity index (χ4v) is 14.5. The van der Waals surface area contributed by atoms with Gasteiger partial charge >= 0.3 is 0 Å². The van der Waals surface area contributed by atoms with Crippen LogP contribution in [0, 0.1) is 23.3 Å². The van der Waals surface area contributed by atoms with E-state index in [4.69, 9.17) is 28.4 Å². The lowest BCUT2D eigenvalue weighted by atomic mass is 9.96. The van der Waals surface area contributed by atoms with Crippen LogP contribution in [0.4, 0.5) is 17.6 Å². The van der Waals surface area contributed by atoms with Crippen molar-refractivity contribution >= 4 is 111 Å². The molecule has 6 aliphatic heterocycles. The molecule has 3 unspecified atom stereocenters. The summed E-state index contributed by atoms with van der Waals surface area (Å²) >= 11 is 0. The normalized spacial score (nSPS) is 22.7. The van der Waals surface area contributed by atoms with Gasteiger partial charge in [0.15, 0.2) is 12.5 Å². The van der Waals surface area contributed by atoms with E-state index in [0.29, 0.717) is 107 Å². The highest BCUT2D eigenvalue weighted by atomic mass is 19.1. The Kier molecular flexibility index (Phi) is 14.3. The van der Waals surface area contributed by atoms with Gasteiger partial charge in [0.25, 0.3) is 23.6 Å². The summed E-state index contributed by atoms with van der Waals surface area (Å²) in [5, 5.41) is 29.3. The molecule has 4 aromatic heterocycles. The summed E-state index contributed by atoms with van der Waals surface area (Å²) in [5.41, 5.74) is 6.18. The fraction of sp³-hybridized carbons (Fsp3) is 0.257. The Morgan fingerprint density at radius 1 is 0.522 bits per heavy atom. The number of rotatable bonds is 9. The molecule has 92 heavy (non-hydrogen) atoms. The summed E-state index contributed by atoms with van der Waals surface area (Å²) in [6, 6.07) is 36.0. The standard InChI is InChI=1S/C33H25F2N3O6.C33H23F2N3O5.C4H8O/c34-16-6-8-21-19(10-16)24-26-27(32(42)37-31(26)41)25-20-11-17(35)7-9-22(20)38(29(25)28(24)36-21)33-30(23(40)12-18(13-39)44-33)43-14-15-4-2-1-3-5-15;34-16-6-8-21-19(10-16)24-26-27(32(40)37-31(26)39)25-20-11-17(35)7-9-22(20)38(29(25)28(24)36-21)33-30(23-12-18(43-33)14-41-23)42-13-15-4-2-1-3-5-15;1-2-4-5-3-1/h1-11,18,23,30,33,36,39-40H,12-14H2,(H,37,41,42);1-11,18,23,30,33,36H,12-14H2,(H,37,39,40);1-4H2/t18-,23-,30+,33+;18?,23?,30?,33-;/m01./s1. The summed E-state index contributed by atoms with van der Waals surface area (Å²) in [5.74, 6) is -4.55. The highest BCUT2D eigenvalue weighted by molar-refractivity contribution is 6.41. The first-order valence-corrected chi connectivity index (χ1v) is 30.4. The Bertz CT molecular complexity index is 5040. The maximum atomic E-state index is 14.9. The van der Waals surface area contributed by atoms with Crippen LogP contribution in [-0.4, -0.2) is 116 Å². The number of carbonyl (C=O) groups excluding carboxylic acids is 4. The maximum absolute atomic E-state index is 14.9. The zero-order chi connectivity index (χ0) is 62.8. The van der Waals surface area contributed by atoms with Gasteiger partial charge in [-0.25, -0.2) is 17.6 Å². The monoisotopic (exact) mass is 1250 g/mol. The van der Waals surface area contributed by atoms with E-state index in [1.807, 2.05) is 65.2 Å². The molecule has 18 rings (SSSR count). The van der Waals surface area contributed by atoms with Crippen LogP contribution in [0.1, 0.15) is 90.7 Å². The SMILES string of the molecule is C1CCOC1.O=C1NC(=O)c2c1c1c3cc(F)ccc3[nH]c1c1c2c2cc(F)ccc2n1[C@@H]1OC2COC(C2)C1OCc1ccccc1.O=C1NC(=O)c2c1c1c3cc(F)ccc3[nH]c1c1c2c2cc(F)ccc2n1[C@@H]1O[C@H](CO)C[C@H](O)[C@H]1OCc1ccccc1. The van der Waals surface area contributed by atoms with Crippen molar-refractivity contribution in [2.24, 2.45) is 0 Å². The number of hydrogen-bond donors (Lipinski definition) is 6. The van der Waals surface area contributed by atoms with Crippen LogP contribution in [0.5, 0.6) is 0 Å². The van der Waals surface area contributed by atoms with E-state index in [2.05, 4.69) is 20.6 Å². The third-order valence-electron chi connectivity index (χ3n) is 18.4. The van der Waals surface area contributed by atoms with Crippen LogP contribution in [0.2, 0.25) is 0 Å². The number of hydrogen-bond acceptors (Lipinski definition) is 12. The summed E-state index contributed by atoms with van der Waals surface area (Å²) in [6.45, 7) is 2.49. The lowest BCUT2D eigenvalue weighted by Gasteiger charge is -2.40. The number of fused-ring (bicyclic) bond motifs is 22. The number of ether oxygens (including phenoxy) is 6. The molecular formula is C70H56F4N6O12. The van der Waals surface area contributed by atoms with Crippen LogP contribution in [-0.2, 0) is 41.6 Å². The molecular weight excluding hydrogens is 1190 g/mol. The fourth-order valence-electron chi connectivity index (χ4n) is 14.5. The Morgan fingerprint density at radius 2 is 0.967 bits per heavy atom. The summed E-state index contributed by atoms with van der Waals surface area (Å²) < 4.78 is 99.5. The van der Waals surface area contributed by atoms with Gasteiger partial charge in [-0.2, -0.15) is 0 Å². The number of nitrogens with zero attached hydrogens (tertiary/aromatic N) is 2. The van der Waals surface area contributed by atoms with Gasteiger partial charge in [0.1, 0.15) is 35.5 Å². The number of amides is 4. The van der Waals surface area contributed by atoms with Crippen molar-refractivity contribution < 1.29 is 75.4 Å². The van der Waals surface area contributed by atoms with Gasteiger partial charge in [0.2, 0.25) is 0 Å². The maximum Gasteiger partial charge on any atom is 0.259 e. The van der Waals surface area contributed by atoms with Crippen molar-refractivity contribution in [1.29, 1.82) is 0 Å². The van der Waals surface area contributed by atoms with Gasteiger partial charge in [-0.05, 0) is 96.8 Å². The first kappa shape index (κ1) is 57.8. The van der Waals surface area contributed by atoms with Gasteiger partial charge in [-0.15, -0.1) is 0 Å². The number of carbonyl (C=O) groups is 4. The summed E-state index contributed by atoms with van der Waals surface area (Å²) in [7, 11) is 0. The number of aliphatic hydroxyl groups is 2. The Hall–Kier alpha value is -9.36. The molecule has 2 bridgehead atoms. The van der Waals surface area contributed by atoms with Crippen molar-refractivity contribution in [2.75, 3.05) is 26.4 Å². The number of aliphatic hydroxyl groups excluding tert-OH is 2. The van der Waals surface area contributed by atoms with Gasteiger partial charge in [-0.1, -0.05) is 60.7 Å². The molecule has 0 spiro atoms. The molecule has 18 nitrogen and oxygen atoms in total. The quantitative estimate of drug-likeness (QED) is 0.0586. The van der Waals surface area contributed by atoms with Crippen LogP contribution in [0.15, 0.2) is 133 Å². The van der Waals surface area contributed by atoms with Gasteiger partial charge < -0.3 is 57.7 Å². The second kappa shape index (κ2) is 22.8. The average Bonchev–Trinajstić information content (AvgIpc) is 1.53. The summed E-state index contributed by atoms with van der Waals surface area (Å²) in [6.07, 6.45) is -2.23. The number of halogens is 4. The van der Waals surface area contributed by atoms with Gasteiger partial charge in [-0.3, -0.25) is 29.8 Å². The zero-order valence-electron chi connectivity index (χ0n) is 48.8. The first-order chi connectivity index (χ1) is 44.8. The summed E-state index contributed by atoms with van der Waals surface area (Å²) in [4.78, 5) is 60.0. The van der Waals surface area contributed by atoms with Crippen molar-refractivity contribution in [1.82, 2.24) is 29.7 Å². The molecule has 0 radical (unpaired) electrons. The van der Waals surface area contributed by atoms with Crippen LogP contribution >= 0.6 is 0 Å². The highest BCUT2D eigenvalue weighted by Crippen LogP contribution is 2.50. The molecule has 6 aliphatic rings. The minimum atomic E-state index is -1.06. The topological polar surface area (TPSA) is 230 Å². The molecule has 12 aromatic rings. The molecule has 10 heterocycles. The van der Waals surface area contributed by atoms with E-state index >= 15 is 0 Å². The minimum absolute atomic E-state index is 0.0360. The van der Waals surface area contributed by atoms with Crippen LogP contribution in [0.25, 0.3) is 87.2 Å². The predicted octanol–water partition coefficient (Wildman–Crippen LogP) is 11.5. The number of imide groups is 2. The van der Waals surface area contributed by atoms with Crippen molar-refractivity contribution in [3.05, 3.63) is 190 Å². The van der Waals surface area contributed by atoms with E-state index in [1.54, 1.807) is 22.8 Å². The molecule has 0 aliphatic carbocycles. The smallest absolute Gasteiger partial charge is 0.259 e. The largest absolute Gasteiger partial charge is 0.394 e. The molecule has 6 N–H and O–H groups in total. The van der Waals surface area contributed by atoms with E-state index in [0.717, 1.165) is 24.3 Å². The van der Waals surface area contributed by atoms with Gasteiger partial charge in [0.05, 0.1) is 106 Å². The van der Waals surface area contributed by atoms with Crippen molar-refractivity contribution in [3.8, 4) is 0 Å². The molecule has 4 fully saturated rings. The Morgan fingerprint density at radius 3 is 1.43 bits per heavy atom. The number of aromatic nitrogens is 4. The molecule has 4 saturated heterocycles. The molecule has 8 atom stereocenters. The predicted molar refractivity (Wildman–Crippen MR) is 331 cm³/mol. The Balaban J connectivity index is 0.000000136. The second-order valence-electron chi connectivity index (χ2n) is 23.9. The molecule has 4 amide bonds. The van der Waals surface area contributed by atoms with Crippen molar-refractivity contribution in [3.63, 3.8) is 0 Å².